The first-order chi connectivity index (χ1) is 15.5. The fourth-order valence-corrected chi connectivity index (χ4v) is 3.12. The number of rotatable bonds is 10. The van der Waals surface area contributed by atoms with Crippen molar-refractivity contribution in [3.8, 4) is 22.9 Å². The summed E-state index contributed by atoms with van der Waals surface area (Å²) in [7, 11) is 4.60. The molecular weight excluding hydrogens is 414 g/mol. The van der Waals surface area contributed by atoms with Gasteiger partial charge in [-0.3, -0.25) is 9.59 Å². The van der Waals surface area contributed by atoms with Gasteiger partial charge in [-0.2, -0.15) is 5.10 Å². The van der Waals surface area contributed by atoms with E-state index in [-0.39, 0.29) is 24.8 Å². The van der Waals surface area contributed by atoms with Crippen LogP contribution < -0.4 is 24.8 Å². The highest BCUT2D eigenvalue weighted by molar-refractivity contribution is 5.94. The first kappa shape index (κ1) is 22.6. The Morgan fingerprint density at radius 2 is 1.69 bits per heavy atom. The molecule has 10 heteroatoms. The van der Waals surface area contributed by atoms with Gasteiger partial charge in [-0.05, 0) is 42.3 Å². The van der Waals surface area contributed by atoms with Gasteiger partial charge >= 0.3 is 0 Å². The Bertz CT molecular complexity index is 1050. The summed E-state index contributed by atoms with van der Waals surface area (Å²) in [4.78, 5) is 28.3. The average Bonchev–Trinajstić information content (AvgIpc) is 3.36. The quantitative estimate of drug-likeness (QED) is 0.496. The number of benzene rings is 2. The normalized spacial score (nSPS) is 10.3. The fraction of sp³-hybridized carbons (Fsp3) is 0.273. The van der Waals surface area contributed by atoms with Crippen molar-refractivity contribution >= 4 is 17.5 Å². The summed E-state index contributed by atoms with van der Waals surface area (Å²) in [6.07, 6.45) is 3.63. The van der Waals surface area contributed by atoms with Gasteiger partial charge in [-0.1, -0.05) is 6.07 Å². The molecule has 0 fully saturated rings. The Morgan fingerprint density at radius 1 is 0.938 bits per heavy atom. The van der Waals surface area contributed by atoms with E-state index in [1.807, 2.05) is 6.07 Å². The highest BCUT2D eigenvalue weighted by Crippen LogP contribution is 2.40. The van der Waals surface area contributed by atoms with E-state index in [4.69, 9.17) is 14.2 Å². The van der Waals surface area contributed by atoms with Crippen molar-refractivity contribution in [2.75, 3.05) is 33.2 Å². The van der Waals surface area contributed by atoms with Crippen LogP contribution >= 0.6 is 0 Å². The molecule has 0 bridgehead atoms. The SMILES string of the molecule is COc1ccc(CCC(=O)NCC(=O)Nc2ccc(-n3cncn3)cc2)c(OC)c1OC. The molecule has 0 saturated heterocycles. The van der Waals surface area contributed by atoms with Crippen molar-refractivity contribution in [3.05, 3.63) is 54.6 Å². The molecular formula is C22H25N5O5. The predicted octanol–water partition coefficient (Wildman–Crippen LogP) is 1.98. The monoisotopic (exact) mass is 439 g/mol. The second kappa shape index (κ2) is 10.8. The van der Waals surface area contributed by atoms with Gasteiger partial charge in [0.15, 0.2) is 11.5 Å². The van der Waals surface area contributed by atoms with Crippen LogP contribution in [0.3, 0.4) is 0 Å². The molecule has 168 valence electrons. The Morgan fingerprint density at radius 3 is 2.31 bits per heavy atom. The number of nitrogens with zero attached hydrogens (tertiary/aromatic N) is 3. The van der Waals surface area contributed by atoms with Crippen molar-refractivity contribution in [3.63, 3.8) is 0 Å². The van der Waals surface area contributed by atoms with Crippen LogP contribution in [0.4, 0.5) is 5.69 Å². The largest absolute Gasteiger partial charge is 0.493 e. The maximum absolute atomic E-state index is 12.2. The van der Waals surface area contributed by atoms with Gasteiger partial charge in [-0.25, -0.2) is 9.67 Å². The molecule has 2 amide bonds. The summed E-state index contributed by atoms with van der Waals surface area (Å²) >= 11 is 0. The van der Waals surface area contributed by atoms with Crippen LogP contribution in [0.5, 0.6) is 17.2 Å². The van der Waals surface area contributed by atoms with Gasteiger partial charge in [0, 0.05) is 12.1 Å². The number of anilines is 1. The third-order valence-corrected chi connectivity index (χ3v) is 4.69. The van der Waals surface area contributed by atoms with Crippen molar-refractivity contribution in [2.45, 2.75) is 12.8 Å². The number of carbonyl (C=O) groups excluding carboxylic acids is 2. The first-order valence-corrected chi connectivity index (χ1v) is 9.85. The minimum atomic E-state index is -0.324. The van der Waals surface area contributed by atoms with Crippen LogP contribution in [0.15, 0.2) is 49.1 Å². The molecule has 0 aliphatic carbocycles. The van der Waals surface area contributed by atoms with Crippen LogP contribution in [-0.2, 0) is 16.0 Å². The van der Waals surface area contributed by atoms with E-state index in [2.05, 4.69) is 20.7 Å². The topological polar surface area (TPSA) is 117 Å². The van der Waals surface area contributed by atoms with E-state index in [0.717, 1.165) is 11.3 Å². The third kappa shape index (κ3) is 5.54. The molecule has 2 N–H and O–H groups in total. The van der Waals surface area contributed by atoms with Gasteiger partial charge in [0.05, 0.1) is 33.6 Å². The number of aromatic nitrogens is 3. The number of hydrogen-bond donors (Lipinski definition) is 2. The van der Waals surface area contributed by atoms with Crippen molar-refractivity contribution in [2.24, 2.45) is 0 Å². The van der Waals surface area contributed by atoms with Crippen LogP contribution in [0, 0.1) is 0 Å². The summed E-state index contributed by atoms with van der Waals surface area (Å²) in [6, 6.07) is 10.7. The van der Waals surface area contributed by atoms with Gasteiger partial charge < -0.3 is 24.8 Å². The minimum Gasteiger partial charge on any atom is -0.493 e. The Kier molecular flexibility index (Phi) is 7.63. The summed E-state index contributed by atoms with van der Waals surface area (Å²) in [6.45, 7) is -0.132. The highest BCUT2D eigenvalue weighted by Gasteiger charge is 2.16. The van der Waals surface area contributed by atoms with Gasteiger partial charge in [-0.15, -0.1) is 0 Å². The molecule has 3 aromatic rings. The number of amides is 2. The lowest BCUT2D eigenvalue weighted by atomic mass is 10.1. The van der Waals surface area contributed by atoms with Crippen LogP contribution in [-0.4, -0.2) is 54.5 Å². The van der Waals surface area contributed by atoms with Crippen molar-refractivity contribution < 1.29 is 23.8 Å². The molecule has 3 rings (SSSR count). The Hall–Kier alpha value is -4.08. The van der Waals surface area contributed by atoms with E-state index < -0.39 is 0 Å². The van der Waals surface area contributed by atoms with E-state index in [1.165, 1.54) is 20.5 Å². The number of methoxy groups -OCH3 is 3. The van der Waals surface area contributed by atoms with E-state index in [9.17, 15) is 9.59 Å². The second-order valence-electron chi connectivity index (χ2n) is 6.71. The van der Waals surface area contributed by atoms with E-state index >= 15 is 0 Å². The van der Waals surface area contributed by atoms with Crippen LogP contribution in [0.1, 0.15) is 12.0 Å². The molecule has 0 atom stereocenters. The zero-order chi connectivity index (χ0) is 22.9. The summed E-state index contributed by atoms with van der Waals surface area (Å²) in [5, 5.41) is 9.41. The molecule has 32 heavy (non-hydrogen) atoms. The molecule has 0 spiro atoms. The average molecular weight is 439 g/mol. The molecule has 0 saturated carbocycles. The van der Waals surface area contributed by atoms with Crippen molar-refractivity contribution in [1.82, 2.24) is 20.1 Å². The number of hydrogen-bond acceptors (Lipinski definition) is 7. The molecule has 10 nitrogen and oxygen atoms in total. The molecule has 0 radical (unpaired) electrons. The van der Waals surface area contributed by atoms with Crippen LogP contribution in [0.25, 0.3) is 5.69 Å². The lowest BCUT2D eigenvalue weighted by molar-refractivity contribution is -0.124. The molecule has 1 aromatic heterocycles. The van der Waals surface area contributed by atoms with E-state index in [0.29, 0.717) is 29.4 Å². The Balaban J connectivity index is 1.48. The molecule has 2 aromatic carbocycles. The number of carbonyl (C=O) groups is 2. The zero-order valence-corrected chi connectivity index (χ0v) is 18.1. The second-order valence-corrected chi connectivity index (χ2v) is 6.71. The first-order valence-electron chi connectivity index (χ1n) is 9.85. The predicted molar refractivity (Wildman–Crippen MR) is 117 cm³/mol. The van der Waals surface area contributed by atoms with Gasteiger partial charge in [0.1, 0.15) is 12.7 Å². The number of nitrogens with one attached hydrogen (secondary N) is 2. The van der Waals surface area contributed by atoms with E-state index in [1.54, 1.807) is 48.5 Å². The standard InChI is InChI=1S/C22H25N5O5/c1-30-18-10-4-15(21(31-2)22(18)32-3)5-11-19(28)24-12-20(29)26-16-6-8-17(9-7-16)27-14-23-13-25-27/h4,6-10,13-14H,5,11-12H2,1-3H3,(H,24,28)(H,26,29). The number of aryl methyl sites for hydroxylation is 1. The highest BCUT2D eigenvalue weighted by atomic mass is 16.5. The summed E-state index contributed by atoms with van der Waals surface area (Å²) < 4.78 is 17.7. The lowest BCUT2D eigenvalue weighted by Crippen LogP contribution is -2.33. The van der Waals surface area contributed by atoms with Crippen molar-refractivity contribution in [1.29, 1.82) is 0 Å². The molecule has 0 aliphatic rings. The summed E-state index contributed by atoms with van der Waals surface area (Å²) in [5.41, 5.74) is 2.24. The van der Waals surface area contributed by atoms with Crippen LogP contribution in [0.2, 0.25) is 0 Å². The molecule has 1 heterocycles. The summed E-state index contributed by atoms with van der Waals surface area (Å²) in [5.74, 6) is 0.964. The lowest BCUT2D eigenvalue weighted by Gasteiger charge is -2.15. The molecule has 0 unspecified atom stereocenters. The zero-order valence-electron chi connectivity index (χ0n) is 18.1. The number of ether oxygens (including phenoxy) is 3. The third-order valence-electron chi connectivity index (χ3n) is 4.69. The molecule has 0 aliphatic heterocycles. The smallest absolute Gasteiger partial charge is 0.243 e. The van der Waals surface area contributed by atoms with Gasteiger partial charge in [0.2, 0.25) is 17.6 Å². The Labute approximate surface area is 185 Å². The van der Waals surface area contributed by atoms with Gasteiger partial charge in [0.25, 0.3) is 0 Å². The maximum Gasteiger partial charge on any atom is 0.243 e. The minimum absolute atomic E-state index is 0.132. The fourth-order valence-electron chi connectivity index (χ4n) is 3.12. The maximum atomic E-state index is 12.2.